The molecular weight excluding hydrogens is 180 g/mol. The van der Waals surface area contributed by atoms with Crippen molar-refractivity contribution in [3.05, 3.63) is 36.3 Å². The highest BCUT2D eigenvalue weighted by Gasteiger charge is 2.30. The van der Waals surface area contributed by atoms with Crippen molar-refractivity contribution < 1.29 is 14.6 Å². The lowest BCUT2D eigenvalue weighted by atomic mass is 9.90. The first kappa shape index (κ1) is 10.9. The zero-order chi connectivity index (χ0) is 10.6. The standard InChI is InChI=1S/C11H16O3/c1-4-6-11(14-3)7-5-9(12)10(8-11)13-2/h4-5,8,12H,1,6-7H2,2-3H3. The second-order valence-corrected chi connectivity index (χ2v) is 3.27. The number of ether oxygens (including phenoxy) is 2. The molecule has 0 saturated heterocycles. The molecule has 0 saturated carbocycles. The number of methoxy groups -OCH3 is 2. The van der Waals surface area contributed by atoms with E-state index in [1.54, 1.807) is 25.3 Å². The highest BCUT2D eigenvalue weighted by Crippen LogP contribution is 2.31. The summed E-state index contributed by atoms with van der Waals surface area (Å²) in [6.07, 6.45) is 6.62. The third kappa shape index (κ3) is 1.99. The monoisotopic (exact) mass is 196 g/mol. The van der Waals surface area contributed by atoms with Gasteiger partial charge in [0.2, 0.25) is 0 Å². The van der Waals surface area contributed by atoms with Gasteiger partial charge in [-0.2, -0.15) is 0 Å². The lowest BCUT2D eigenvalue weighted by molar-refractivity contribution is 0.0296. The predicted molar refractivity (Wildman–Crippen MR) is 55.0 cm³/mol. The van der Waals surface area contributed by atoms with Crippen LogP contribution in [-0.2, 0) is 9.47 Å². The third-order valence-electron chi connectivity index (χ3n) is 2.40. The normalized spacial score (nSPS) is 26.4. The van der Waals surface area contributed by atoms with Crippen LogP contribution in [-0.4, -0.2) is 24.9 Å². The van der Waals surface area contributed by atoms with Crippen molar-refractivity contribution in [1.82, 2.24) is 0 Å². The minimum absolute atomic E-state index is 0.171. The highest BCUT2D eigenvalue weighted by molar-refractivity contribution is 5.29. The van der Waals surface area contributed by atoms with E-state index in [2.05, 4.69) is 6.58 Å². The van der Waals surface area contributed by atoms with Crippen LogP contribution in [0.15, 0.2) is 36.3 Å². The summed E-state index contributed by atoms with van der Waals surface area (Å²) >= 11 is 0. The van der Waals surface area contributed by atoms with Crippen LogP contribution in [0.3, 0.4) is 0 Å². The van der Waals surface area contributed by atoms with Crippen LogP contribution < -0.4 is 0 Å². The van der Waals surface area contributed by atoms with Crippen molar-refractivity contribution in [3.63, 3.8) is 0 Å². The molecule has 78 valence electrons. The zero-order valence-electron chi connectivity index (χ0n) is 8.62. The molecule has 0 radical (unpaired) electrons. The first-order valence-corrected chi connectivity index (χ1v) is 4.50. The van der Waals surface area contributed by atoms with Gasteiger partial charge in [0.05, 0.1) is 12.7 Å². The molecule has 1 unspecified atom stereocenters. The summed E-state index contributed by atoms with van der Waals surface area (Å²) < 4.78 is 10.5. The Morgan fingerprint density at radius 3 is 2.86 bits per heavy atom. The molecule has 0 amide bonds. The van der Waals surface area contributed by atoms with Gasteiger partial charge in [0.15, 0.2) is 11.5 Å². The van der Waals surface area contributed by atoms with Crippen molar-refractivity contribution in [2.45, 2.75) is 18.4 Å². The number of aliphatic hydroxyl groups is 1. The molecular formula is C11H16O3. The van der Waals surface area contributed by atoms with Crippen molar-refractivity contribution in [3.8, 4) is 0 Å². The van der Waals surface area contributed by atoms with Crippen LogP contribution >= 0.6 is 0 Å². The maximum atomic E-state index is 9.45. The van der Waals surface area contributed by atoms with Gasteiger partial charge in [0.1, 0.15) is 0 Å². The minimum Gasteiger partial charge on any atom is -0.504 e. The Bertz CT molecular complexity index is 278. The molecule has 0 fully saturated rings. The van der Waals surface area contributed by atoms with Crippen molar-refractivity contribution in [1.29, 1.82) is 0 Å². The smallest absolute Gasteiger partial charge is 0.159 e. The lowest BCUT2D eigenvalue weighted by Gasteiger charge is -2.30. The molecule has 3 heteroatoms. The highest BCUT2D eigenvalue weighted by atomic mass is 16.5. The van der Waals surface area contributed by atoms with E-state index < -0.39 is 5.60 Å². The van der Waals surface area contributed by atoms with Crippen LogP contribution in [0.25, 0.3) is 0 Å². The molecule has 0 aromatic carbocycles. The van der Waals surface area contributed by atoms with E-state index in [4.69, 9.17) is 9.47 Å². The topological polar surface area (TPSA) is 38.7 Å². The van der Waals surface area contributed by atoms with Crippen LogP contribution in [0.2, 0.25) is 0 Å². The summed E-state index contributed by atoms with van der Waals surface area (Å²) in [7, 11) is 3.17. The van der Waals surface area contributed by atoms with E-state index in [0.29, 0.717) is 18.6 Å². The molecule has 0 bridgehead atoms. The summed E-state index contributed by atoms with van der Waals surface area (Å²) in [5, 5.41) is 9.45. The fourth-order valence-corrected chi connectivity index (χ4v) is 1.52. The average Bonchev–Trinajstić information content (AvgIpc) is 2.22. The third-order valence-corrected chi connectivity index (χ3v) is 2.40. The molecule has 14 heavy (non-hydrogen) atoms. The second kappa shape index (κ2) is 4.33. The molecule has 1 N–H and O–H groups in total. The SMILES string of the molecule is C=CCC1(OC)C=C(OC)C(O)=CC1. The first-order chi connectivity index (χ1) is 6.67. The quantitative estimate of drug-likeness (QED) is 0.701. The Morgan fingerprint density at radius 2 is 2.36 bits per heavy atom. The molecule has 3 nitrogen and oxygen atoms in total. The van der Waals surface area contributed by atoms with E-state index in [9.17, 15) is 5.11 Å². The number of rotatable bonds is 4. The van der Waals surface area contributed by atoms with E-state index in [-0.39, 0.29) is 5.76 Å². The maximum absolute atomic E-state index is 9.45. The lowest BCUT2D eigenvalue weighted by Crippen LogP contribution is -2.30. The van der Waals surface area contributed by atoms with E-state index >= 15 is 0 Å². The molecule has 0 aromatic heterocycles. The molecule has 0 heterocycles. The Balaban J connectivity index is 2.93. The van der Waals surface area contributed by atoms with E-state index in [0.717, 1.165) is 0 Å². The Morgan fingerprint density at radius 1 is 1.64 bits per heavy atom. The Kier molecular flexibility index (Phi) is 3.36. The molecule has 1 rings (SSSR count). The summed E-state index contributed by atoms with van der Waals surface area (Å²) in [6, 6.07) is 0. The summed E-state index contributed by atoms with van der Waals surface area (Å²) in [5.41, 5.74) is -0.417. The molecule has 1 aliphatic carbocycles. The molecule has 1 aliphatic rings. The number of aliphatic hydroxyl groups excluding tert-OH is 1. The van der Waals surface area contributed by atoms with Crippen molar-refractivity contribution in [2.75, 3.05) is 14.2 Å². The van der Waals surface area contributed by atoms with Crippen LogP contribution in [0, 0.1) is 0 Å². The molecule has 0 aromatic rings. The van der Waals surface area contributed by atoms with Gasteiger partial charge in [-0.25, -0.2) is 0 Å². The fourth-order valence-electron chi connectivity index (χ4n) is 1.52. The van der Waals surface area contributed by atoms with E-state index in [1.165, 1.54) is 7.11 Å². The van der Waals surface area contributed by atoms with Gasteiger partial charge in [0.25, 0.3) is 0 Å². The Labute approximate surface area is 84.3 Å². The van der Waals surface area contributed by atoms with E-state index in [1.807, 2.05) is 0 Å². The largest absolute Gasteiger partial charge is 0.504 e. The van der Waals surface area contributed by atoms with Gasteiger partial charge in [-0.1, -0.05) is 6.08 Å². The minimum atomic E-state index is -0.417. The van der Waals surface area contributed by atoms with Gasteiger partial charge in [-0.15, -0.1) is 6.58 Å². The number of hydrogen-bond donors (Lipinski definition) is 1. The summed E-state index contributed by atoms with van der Waals surface area (Å²) in [6.45, 7) is 3.68. The van der Waals surface area contributed by atoms with Crippen molar-refractivity contribution in [2.24, 2.45) is 0 Å². The molecule has 0 spiro atoms. The first-order valence-electron chi connectivity index (χ1n) is 4.50. The zero-order valence-corrected chi connectivity index (χ0v) is 8.62. The predicted octanol–water partition coefficient (Wildman–Crippen LogP) is 2.32. The Hall–Kier alpha value is -1.22. The van der Waals surface area contributed by atoms with Gasteiger partial charge in [0, 0.05) is 13.5 Å². The van der Waals surface area contributed by atoms with Gasteiger partial charge in [-0.05, 0) is 18.6 Å². The van der Waals surface area contributed by atoms with Crippen LogP contribution in [0.4, 0.5) is 0 Å². The number of hydrogen-bond acceptors (Lipinski definition) is 3. The van der Waals surface area contributed by atoms with Crippen molar-refractivity contribution >= 4 is 0 Å². The average molecular weight is 196 g/mol. The summed E-state index contributed by atoms with van der Waals surface area (Å²) in [5.74, 6) is 0.629. The summed E-state index contributed by atoms with van der Waals surface area (Å²) in [4.78, 5) is 0. The maximum Gasteiger partial charge on any atom is 0.159 e. The van der Waals surface area contributed by atoms with Crippen LogP contribution in [0.5, 0.6) is 0 Å². The van der Waals surface area contributed by atoms with Gasteiger partial charge < -0.3 is 14.6 Å². The molecule has 1 atom stereocenters. The van der Waals surface area contributed by atoms with Crippen LogP contribution in [0.1, 0.15) is 12.8 Å². The van der Waals surface area contributed by atoms with Gasteiger partial charge in [-0.3, -0.25) is 0 Å². The fraction of sp³-hybridized carbons (Fsp3) is 0.455. The van der Waals surface area contributed by atoms with Gasteiger partial charge >= 0.3 is 0 Å². The molecule has 0 aliphatic heterocycles. The second-order valence-electron chi connectivity index (χ2n) is 3.27.